The third kappa shape index (κ3) is 6.37. The van der Waals surface area contributed by atoms with Gasteiger partial charge in [-0.05, 0) is 53.8 Å². The standard InChI is InChI=1S/C30H29F5O/c1-2-3-19-4-6-20(7-5-19)8-9-21-11-15-25-24(16-21)14-13-23(28(25)33)12-10-22-17-26(31)29(27(32)18-22)36-30(34)35/h11,13-20,30H,2-9H2,1H3. The van der Waals surface area contributed by atoms with E-state index in [1.807, 2.05) is 12.1 Å². The van der Waals surface area contributed by atoms with E-state index in [0.29, 0.717) is 5.39 Å². The first-order chi connectivity index (χ1) is 17.3. The van der Waals surface area contributed by atoms with E-state index >= 15 is 4.39 Å². The Kier molecular flexibility index (Phi) is 8.51. The van der Waals surface area contributed by atoms with E-state index in [-0.39, 0.29) is 11.1 Å². The molecule has 0 heterocycles. The molecule has 1 aliphatic carbocycles. The van der Waals surface area contributed by atoms with Crippen LogP contribution in [0.4, 0.5) is 22.0 Å². The third-order valence-corrected chi connectivity index (χ3v) is 7.07. The van der Waals surface area contributed by atoms with Crippen molar-refractivity contribution < 1.29 is 26.7 Å². The molecule has 1 fully saturated rings. The summed E-state index contributed by atoms with van der Waals surface area (Å²) in [6.07, 6.45) is 9.96. The van der Waals surface area contributed by atoms with Crippen molar-refractivity contribution >= 4 is 10.8 Å². The van der Waals surface area contributed by atoms with Crippen LogP contribution < -0.4 is 4.74 Å². The van der Waals surface area contributed by atoms with Gasteiger partial charge in [0.15, 0.2) is 17.4 Å². The summed E-state index contributed by atoms with van der Waals surface area (Å²) in [4.78, 5) is 0. The summed E-state index contributed by atoms with van der Waals surface area (Å²) in [5.41, 5.74) is 1.13. The summed E-state index contributed by atoms with van der Waals surface area (Å²) in [5, 5.41) is 1.19. The Bertz CT molecular complexity index is 1240. The van der Waals surface area contributed by atoms with Crippen molar-refractivity contribution in [1.29, 1.82) is 0 Å². The van der Waals surface area contributed by atoms with Gasteiger partial charge >= 0.3 is 6.61 Å². The lowest BCUT2D eigenvalue weighted by Gasteiger charge is -2.28. The molecule has 190 valence electrons. The van der Waals surface area contributed by atoms with Gasteiger partial charge in [-0.2, -0.15) is 8.78 Å². The van der Waals surface area contributed by atoms with Crippen molar-refractivity contribution in [3.8, 4) is 17.6 Å². The number of alkyl halides is 2. The molecule has 0 unspecified atom stereocenters. The highest BCUT2D eigenvalue weighted by atomic mass is 19.3. The number of halogens is 5. The van der Waals surface area contributed by atoms with Crippen LogP contribution >= 0.6 is 0 Å². The lowest BCUT2D eigenvalue weighted by molar-refractivity contribution is -0.0546. The van der Waals surface area contributed by atoms with Crippen LogP contribution in [-0.4, -0.2) is 6.61 Å². The largest absolute Gasteiger partial charge is 0.429 e. The van der Waals surface area contributed by atoms with Crippen molar-refractivity contribution in [1.82, 2.24) is 0 Å². The molecule has 0 N–H and O–H groups in total. The zero-order chi connectivity index (χ0) is 25.7. The van der Waals surface area contributed by atoms with E-state index in [1.165, 1.54) is 50.2 Å². The minimum Gasteiger partial charge on any atom is -0.429 e. The number of fused-ring (bicyclic) bond motifs is 1. The predicted molar refractivity (Wildman–Crippen MR) is 132 cm³/mol. The van der Waals surface area contributed by atoms with Crippen molar-refractivity contribution in [2.24, 2.45) is 11.8 Å². The number of ether oxygens (including phenoxy) is 1. The van der Waals surface area contributed by atoms with Crippen LogP contribution in [-0.2, 0) is 6.42 Å². The molecule has 1 saturated carbocycles. The van der Waals surface area contributed by atoms with Gasteiger partial charge in [-0.15, -0.1) is 0 Å². The van der Waals surface area contributed by atoms with Gasteiger partial charge in [0, 0.05) is 10.9 Å². The molecular weight excluding hydrogens is 471 g/mol. The van der Waals surface area contributed by atoms with Gasteiger partial charge in [0.25, 0.3) is 0 Å². The summed E-state index contributed by atoms with van der Waals surface area (Å²) in [6.45, 7) is -1.11. The number of rotatable bonds is 7. The van der Waals surface area contributed by atoms with E-state index in [0.717, 1.165) is 42.2 Å². The summed E-state index contributed by atoms with van der Waals surface area (Å²) in [7, 11) is 0. The van der Waals surface area contributed by atoms with Gasteiger partial charge in [0.1, 0.15) is 5.82 Å². The third-order valence-electron chi connectivity index (χ3n) is 7.07. The van der Waals surface area contributed by atoms with Gasteiger partial charge in [-0.25, -0.2) is 13.2 Å². The lowest BCUT2D eigenvalue weighted by Crippen LogP contribution is -2.15. The van der Waals surface area contributed by atoms with E-state index in [9.17, 15) is 17.6 Å². The lowest BCUT2D eigenvalue weighted by atomic mass is 9.78. The first-order valence-electron chi connectivity index (χ1n) is 12.5. The average Bonchev–Trinajstić information content (AvgIpc) is 2.85. The zero-order valence-electron chi connectivity index (χ0n) is 20.2. The Morgan fingerprint density at radius 1 is 0.861 bits per heavy atom. The highest BCUT2D eigenvalue weighted by Crippen LogP contribution is 2.34. The smallest absolute Gasteiger partial charge is 0.387 e. The van der Waals surface area contributed by atoms with Crippen LogP contribution in [0.25, 0.3) is 10.8 Å². The second-order valence-electron chi connectivity index (χ2n) is 9.59. The van der Waals surface area contributed by atoms with Crippen LogP contribution in [0.5, 0.6) is 5.75 Å². The summed E-state index contributed by atoms with van der Waals surface area (Å²) < 4.78 is 71.3. The molecule has 4 rings (SSSR count). The summed E-state index contributed by atoms with van der Waals surface area (Å²) in [6, 6.07) is 10.6. The van der Waals surface area contributed by atoms with Crippen LogP contribution in [0, 0.1) is 41.1 Å². The topological polar surface area (TPSA) is 9.23 Å². The monoisotopic (exact) mass is 500 g/mol. The Morgan fingerprint density at radius 3 is 2.17 bits per heavy atom. The molecule has 6 heteroatoms. The Labute approximate surface area is 208 Å². The quantitative estimate of drug-likeness (QED) is 0.233. The van der Waals surface area contributed by atoms with Crippen LogP contribution in [0.3, 0.4) is 0 Å². The number of hydrogen-bond acceptors (Lipinski definition) is 1. The molecule has 1 aliphatic rings. The SMILES string of the molecule is CCCC1CCC(CCc2ccc3c(F)c(C#Cc4cc(F)c(OC(F)F)c(F)c4)ccc3c2)CC1. The van der Waals surface area contributed by atoms with Crippen molar-refractivity contribution in [3.05, 3.63) is 76.6 Å². The number of hydrogen-bond donors (Lipinski definition) is 0. The Hall–Kier alpha value is -3.07. The van der Waals surface area contributed by atoms with Crippen LogP contribution in [0.1, 0.15) is 68.6 Å². The maximum atomic E-state index is 15.1. The molecule has 0 bridgehead atoms. The Morgan fingerprint density at radius 2 is 1.53 bits per heavy atom. The molecule has 0 atom stereocenters. The second-order valence-corrected chi connectivity index (χ2v) is 9.59. The molecule has 3 aromatic rings. The van der Waals surface area contributed by atoms with Crippen molar-refractivity contribution in [3.63, 3.8) is 0 Å². The molecule has 0 amide bonds. The van der Waals surface area contributed by atoms with E-state index < -0.39 is 29.8 Å². The van der Waals surface area contributed by atoms with Gasteiger partial charge in [-0.3, -0.25) is 0 Å². The number of benzene rings is 3. The zero-order valence-corrected chi connectivity index (χ0v) is 20.2. The van der Waals surface area contributed by atoms with Crippen LogP contribution in [0.2, 0.25) is 0 Å². The van der Waals surface area contributed by atoms with Gasteiger partial charge < -0.3 is 4.74 Å². The molecule has 0 aliphatic heterocycles. The minimum absolute atomic E-state index is 0.0767. The second kappa shape index (κ2) is 11.8. The highest BCUT2D eigenvalue weighted by Gasteiger charge is 2.20. The molecule has 36 heavy (non-hydrogen) atoms. The van der Waals surface area contributed by atoms with Crippen LogP contribution in [0.15, 0.2) is 42.5 Å². The summed E-state index contributed by atoms with van der Waals surface area (Å²) in [5.74, 6) is 2.43. The van der Waals surface area contributed by atoms with Gasteiger partial charge in [-0.1, -0.05) is 81.6 Å². The van der Waals surface area contributed by atoms with Gasteiger partial charge in [0.2, 0.25) is 0 Å². The summed E-state index contributed by atoms with van der Waals surface area (Å²) >= 11 is 0. The molecule has 0 spiro atoms. The maximum Gasteiger partial charge on any atom is 0.387 e. The molecule has 3 aromatic carbocycles. The molecule has 1 nitrogen and oxygen atoms in total. The maximum absolute atomic E-state index is 15.1. The normalized spacial score (nSPS) is 17.8. The van der Waals surface area contributed by atoms with Gasteiger partial charge in [0.05, 0.1) is 5.56 Å². The van der Waals surface area contributed by atoms with E-state index in [2.05, 4.69) is 23.5 Å². The fourth-order valence-electron chi connectivity index (χ4n) is 5.15. The molecule has 0 radical (unpaired) electrons. The first-order valence-corrected chi connectivity index (χ1v) is 12.5. The highest BCUT2D eigenvalue weighted by molar-refractivity contribution is 5.85. The fourth-order valence-corrected chi connectivity index (χ4v) is 5.15. The van der Waals surface area contributed by atoms with E-state index in [1.54, 1.807) is 12.1 Å². The van der Waals surface area contributed by atoms with Crippen molar-refractivity contribution in [2.75, 3.05) is 0 Å². The molecule has 0 saturated heterocycles. The van der Waals surface area contributed by atoms with Crippen molar-refractivity contribution in [2.45, 2.75) is 64.9 Å². The minimum atomic E-state index is -3.36. The Balaban J connectivity index is 1.45. The number of aryl methyl sites for hydroxylation is 1. The van der Waals surface area contributed by atoms with E-state index in [4.69, 9.17) is 0 Å². The first kappa shape index (κ1) is 26.0. The molecular formula is C30H29F5O. The predicted octanol–water partition coefficient (Wildman–Crippen LogP) is 8.80. The molecule has 0 aromatic heterocycles. The fraction of sp³-hybridized carbons (Fsp3) is 0.400. The average molecular weight is 501 g/mol.